The summed E-state index contributed by atoms with van der Waals surface area (Å²) in [5, 5.41) is 1.41. The molecule has 3 nitrogen and oxygen atoms in total. The number of halogens is 1. The minimum Gasteiger partial charge on any atom is -0.355 e. The van der Waals surface area contributed by atoms with Gasteiger partial charge in [0.15, 0.2) is 0 Å². The molecule has 106 valence electrons. The molecule has 1 aliphatic heterocycles. The maximum absolute atomic E-state index is 6.09. The average molecular weight is 308 g/mol. The zero-order valence-corrected chi connectivity index (χ0v) is 13.3. The molecule has 0 N–H and O–H groups in total. The largest absolute Gasteiger partial charge is 0.355 e. The first-order valence-corrected chi connectivity index (χ1v) is 8.23. The predicted molar refractivity (Wildman–Crippen MR) is 87.9 cm³/mol. The number of hydrogen-bond acceptors (Lipinski definition) is 4. The van der Waals surface area contributed by atoms with Gasteiger partial charge in [0.2, 0.25) is 5.28 Å². The fraction of sp³-hybridized carbons (Fsp3) is 0.467. The second-order valence-electron chi connectivity index (χ2n) is 5.68. The van der Waals surface area contributed by atoms with Crippen LogP contribution in [0.4, 0.5) is 5.82 Å². The number of rotatable bonds is 1. The van der Waals surface area contributed by atoms with Crippen molar-refractivity contribution in [3.63, 3.8) is 0 Å². The van der Waals surface area contributed by atoms with Gasteiger partial charge in [-0.3, -0.25) is 0 Å². The fourth-order valence-corrected chi connectivity index (χ4v) is 3.78. The summed E-state index contributed by atoms with van der Waals surface area (Å²) in [6.07, 6.45) is 1.15. The second-order valence-corrected chi connectivity index (χ2v) is 7.82. The van der Waals surface area contributed by atoms with E-state index in [0.717, 1.165) is 42.0 Å². The summed E-state index contributed by atoms with van der Waals surface area (Å²) in [6.45, 7) is 6.64. The van der Waals surface area contributed by atoms with Crippen LogP contribution in [0.2, 0.25) is 5.28 Å². The molecule has 0 bridgehead atoms. The Hall–Kier alpha value is -1.00. The molecular formula is C15H18ClN3S. The third-order valence-corrected chi connectivity index (χ3v) is 5.23. The van der Waals surface area contributed by atoms with Crippen LogP contribution in [0.1, 0.15) is 20.3 Å². The maximum atomic E-state index is 6.09. The summed E-state index contributed by atoms with van der Waals surface area (Å²) in [7, 11) is 0. The number of para-hydroxylation sites is 1. The molecule has 0 spiro atoms. The summed E-state index contributed by atoms with van der Waals surface area (Å²) in [6, 6.07) is 8.07. The van der Waals surface area contributed by atoms with E-state index in [4.69, 9.17) is 11.6 Å². The predicted octanol–water partition coefficient (Wildman–Crippen LogP) is 4.01. The van der Waals surface area contributed by atoms with Crippen LogP contribution in [0.15, 0.2) is 24.3 Å². The van der Waals surface area contributed by atoms with Gasteiger partial charge in [-0.15, -0.1) is 0 Å². The minimum absolute atomic E-state index is 0.329. The van der Waals surface area contributed by atoms with E-state index in [9.17, 15) is 0 Å². The Balaban J connectivity index is 2.01. The Morgan fingerprint density at radius 3 is 2.85 bits per heavy atom. The summed E-state index contributed by atoms with van der Waals surface area (Å²) in [4.78, 5) is 11.1. The van der Waals surface area contributed by atoms with Gasteiger partial charge in [-0.05, 0) is 30.2 Å². The van der Waals surface area contributed by atoms with Crippen molar-refractivity contribution in [1.82, 2.24) is 9.97 Å². The van der Waals surface area contributed by atoms with Crippen LogP contribution >= 0.6 is 23.4 Å². The number of fused-ring (bicyclic) bond motifs is 1. The molecule has 0 atom stereocenters. The molecule has 0 radical (unpaired) electrons. The van der Waals surface area contributed by atoms with E-state index < -0.39 is 0 Å². The third-order valence-electron chi connectivity index (χ3n) is 3.69. The van der Waals surface area contributed by atoms with E-state index in [1.54, 1.807) is 0 Å². The van der Waals surface area contributed by atoms with Crippen LogP contribution in [-0.4, -0.2) is 33.6 Å². The number of nitrogens with zero attached hydrogens (tertiary/aromatic N) is 3. The van der Waals surface area contributed by atoms with Gasteiger partial charge in [-0.1, -0.05) is 26.0 Å². The molecule has 20 heavy (non-hydrogen) atoms. The highest BCUT2D eigenvalue weighted by Crippen LogP contribution is 2.33. The lowest BCUT2D eigenvalue weighted by molar-refractivity contribution is 0.636. The monoisotopic (exact) mass is 307 g/mol. The summed E-state index contributed by atoms with van der Waals surface area (Å²) in [5.74, 6) is 2.09. The minimum atomic E-state index is 0.329. The molecular weight excluding hydrogens is 290 g/mol. The average Bonchev–Trinajstić information content (AvgIpc) is 2.59. The van der Waals surface area contributed by atoms with E-state index in [2.05, 4.69) is 34.8 Å². The van der Waals surface area contributed by atoms with Crippen LogP contribution in [-0.2, 0) is 0 Å². The third kappa shape index (κ3) is 2.86. The quantitative estimate of drug-likeness (QED) is 0.745. The standard InChI is InChI=1S/C15H18ClN3S/c1-15(2)7-8-19(9-10-20-15)13-11-5-3-4-6-12(11)17-14(16)18-13/h3-6H,7-10H2,1-2H3. The van der Waals surface area contributed by atoms with Gasteiger partial charge in [0.25, 0.3) is 0 Å². The lowest BCUT2D eigenvalue weighted by Gasteiger charge is -2.24. The molecule has 1 fully saturated rings. The van der Waals surface area contributed by atoms with Crippen LogP contribution in [0.3, 0.4) is 0 Å². The number of aromatic nitrogens is 2. The lowest BCUT2D eigenvalue weighted by Crippen LogP contribution is -2.28. The second kappa shape index (κ2) is 5.41. The molecule has 0 saturated carbocycles. The van der Waals surface area contributed by atoms with Crippen LogP contribution in [0.5, 0.6) is 0 Å². The van der Waals surface area contributed by atoms with E-state index in [-0.39, 0.29) is 0 Å². The van der Waals surface area contributed by atoms with Gasteiger partial charge in [0.1, 0.15) is 5.82 Å². The molecule has 3 rings (SSSR count). The Morgan fingerprint density at radius 2 is 2.00 bits per heavy atom. The zero-order chi connectivity index (χ0) is 14.2. The van der Waals surface area contributed by atoms with E-state index in [1.165, 1.54) is 0 Å². The Bertz CT molecular complexity index is 630. The highest BCUT2D eigenvalue weighted by molar-refractivity contribution is 8.00. The molecule has 5 heteroatoms. The molecule has 0 amide bonds. The van der Waals surface area contributed by atoms with Gasteiger partial charge in [0.05, 0.1) is 5.52 Å². The molecule has 2 heterocycles. The zero-order valence-electron chi connectivity index (χ0n) is 11.8. The molecule has 1 aromatic heterocycles. The molecule has 0 aliphatic carbocycles. The number of thioether (sulfide) groups is 1. The maximum Gasteiger partial charge on any atom is 0.224 e. The van der Waals surface area contributed by atoms with Gasteiger partial charge >= 0.3 is 0 Å². The first-order chi connectivity index (χ1) is 9.55. The Kier molecular flexibility index (Phi) is 3.78. The normalized spacial score (nSPS) is 19.1. The van der Waals surface area contributed by atoms with Crippen molar-refractivity contribution in [3.8, 4) is 0 Å². The van der Waals surface area contributed by atoms with Crippen LogP contribution in [0.25, 0.3) is 10.9 Å². The highest BCUT2D eigenvalue weighted by atomic mass is 35.5. The molecule has 1 aromatic carbocycles. The van der Waals surface area contributed by atoms with Crippen molar-refractivity contribution in [2.45, 2.75) is 25.0 Å². The fourth-order valence-electron chi connectivity index (χ4n) is 2.51. The first kappa shape index (κ1) is 14.0. The van der Waals surface area contributed by atoms with Crippen molar-refractivity contribution >= 4 is 40.1 Å². The van der Waals surface area contributed by atoms with Crippen molar-refractivity contribution in [3.05, 3.63) is 29.5 Å². The van der Waals surface area contributed by atoms with Crippen molar-refractivity contribution in [2.24, 2.45) is 0 Å². The van der Waals surface area contributed by atoms with Gasteiger partial charge in [0, 0.05) is 29.0 Å². The summed E-state index contributed by atoms with van der Waals surface area (Å²) in [5.41, 5.74) is 0.915. The SMILES string of the molecule is CC1(C)CCN(c2nc(Cl)nc3ccccc23)CCS1. The van der Waals surface area contributed by atoms with Gasteiger partial charge in [-0.25, -0.2) is 4.98 Å². The van der Waals surface area contributed by atoms with Gasteiger partial charge in [-0.2, -0.15) is 16.7 Å². The number of benzene rings is 1. The molecule has 0 unspecified atom stereocenters. The highest BCUT2D eigenvalue weighted by Gasteiger charge is 2.25. The summed E-state index contributed by atoms with van der Waals surface area (Å²) < 4.78 is 0.335. The van der Waals surface area contributed by atoms with Crippen molar-refractivity contribution < 1.29 is 0 Å². The number of anilines is 1. The van der Waals surface area contributed by atoms with Gasteiger partial charge < -0.3 is 4.90 Å². The Labute approximate surface area is 128 Å². The molecule has 1 aliphatic rings. The number of hydrogen-bond donors (Lipinski definition) is 0. The molecule has 2 aromatic rings. The van der Waals surface area contributed by atoms with E-state index >= 15 is 0 Å². The Morgan fingerprint density at radius 1 is 1.20 bits per heavy atom. The summed E-state index contributed by atoms with van der Waals surface area (Å²) >= 11 is 8.12. The van der Waals surface area contributed by atoms with E-state index in [1.807, 2.05) is 30.0 Å². The molecule has 1 saturated heterocycles. The topological polar surface area (TPSA) is 29.0 Å². The lowest BCUT2D eigenvalue weighted by atomic mass is 10.1. The van der Waals surface area contributed by atoms with Crippen LogP contribution < -0.4 is 4.90 Å². The first-order valence-electron chi connectivity index (χ1n) is 6.86. The van der Waals surface area contributed by atoms with Crippen molar-refractivity contribution in [1.29, 1.82) is 0 Å². The smallest absolute Gasteiger partial charge is 0.224 e. The van der Waals surface area contributed by atoms with Crippen LogP contribution in [0, 0.1) is 0 Å². The van der Waals surface area contributed by atoms with E-state index in [0.29, 0.717) is 10.0 Å². The van der Waals surface area contributed by atoms with Crippen molar-refractivity contribution in [2.75, 3.05) is 23.7 Å².